The minimum Gasteiger partial charge on any atom is -0.493 e. The molecule has 0 bridgehead atoms. The van der Waals surface area contributed by atoms with Gasteiger partial charge < -0.3 is 4.74 Å². The third kappa shape index (κ3) is 4.92. The van der Waals surface area contributed by atoms with E-state index in [1.165, 1.54) is 31.4 Å². The van der Waals surface area contributed by atoms with E-state index in [-0.39, 0.29) is 0 Å². The van der Waals surface area contributed by atoms with Gasteiger partial charge in [0.05, 0.1) is 6.61 Å². The molecule has 0 spiro atoms. The molecule has 0 saturated heterocycles. The van der Waals surface area contributed by atoms with Crippen LogP contribution in [0.2, 0.25) is 0 Å². The van der Waals surface area contributed by atoms with Gasteiger partial charge in [-0.05, 0) is 48.8 Å². The van der Waals surface area contributed by atoms with E-state index >= 15 is 0 Å². The van der Waals surface area contributed by atoms with Crippen LogP contribution in [-0.4, -0.2) is 18.1 Å². The van der Waals surface area contributed by atoms with Crippen LogP contribution in [0.15, 0.2) is 28.7 Å². The summed E-state index contributed by atoms with van der Waals surface area (Å²) in [4.78, 5) is 0. The Kier molecular flexibility index (Phi) is 5.72. The van der Waals surface area contributed by atoms with Crippen molar-refractivity contribution in [2.24, 2.45) is 5.92 Å². The Hall–Kier alpha value is -0.150. The highest BCUT2D eigenvalue weighted by molar-refractivity contribution is 9.10. The molecule has 1 aromatic carbocycles. The second-order valence-electron chi connectivity index (χ2n) is 4.53. The summed E-state index contributed by atoms with van der Waals surface area (Å²) in [5.41, 5.74) is 0. The van der Waals surface area contributed by atoms with E-state index in [2.05, 4.69) is 15.9 Å². The fourth-order valence-corrected chi connectivity index (χ4v) is 3.48. The van der Waals surface area contributed by atoms with Gasteiger partial charge in [-0.3, -0.25) is 0 Å². The van der Waals surface area contributed by atoms with E-state index in [4.69, 9.17) is 4.74 Å². The molecule has 0 atom stereocenters. The van der Waals surface area contributed by atoms with Gasteiger partial charge in [0.1, 0.15) is 5.75 Å². The lowest BCUT2D eigenvalue weighted by molar-refractivity contribution is 0.344. The second kappa shape index (κ2) is 7.32. The maximum Gasteiger partial charge on any atom is 0.119 e. The number of halogens is 1. The van der Waals surface area contributed by atoms with Gasteiger partial charge in [0.2, 0.25) is 0 Å². The predicted octanol–water partition coefficient (Wildman–Crippen LogP) is 4.75. The number of ether oxygens (including phenoxy) is 1. The maximum atomic E-state index is 5.68. The third-order valence-corrected chi connectivity index (χ3v) is 4.83. The van der Waals surface area contributed by atoms with E-state index in [9.17, 15) is 0 Å². The first kappa shape index (κ1) is 13.3. The number of hydrogen-bond acceptors (Lipinski definition) is 2. The fraction of sp³-hybridized carbons (Fsp3) is 0.571. The summed E-state index contributed by atoms with van der Waals surface area (Å²) in [5.74, 6) is 4.37. The van der Waals surface area contributed by atoms with Gasteiger partial charge >= 0.3 is 0 Å². The van der Waals surface area contributed by atoms with Crippen molar-refractivity contribution in [1.82, 2.24) is 0 Å². The van der Waals surface area contributed by atoms with Gasteiger partial charge in [0, 0.05) is 10.2 Å². The first-order chi connectivity index (χ1) is 8.34. The highest BCUT2D eigenvalue weighted by Crippen LogP contribution is 2.27. The first-order valence-corrected chi connectivity index (χ1v) is 8.25. The van der Waals surface area contributed by atoms with Gasteiger partial charge in [-0.15, -0.1) is 0 Å². The van der Waals surface area contributed by atoms with E-state index in [0.717, 1.165) is 28.5 Å². The average molecular weight is 315 g/mol. The van der Waals surface area contributed by atoms with Crippen LogP contribution in [0.25, 0.3) is 0 Å². The Balaban J connectivity index is 1.55. The Labute approximate surface area is 116 Å². The Morgan fingerprint density at radius 1 is 1.18 bits per heavy atom. The lowest BCUT2D eigenvalue weighted by Gasteiger charge is -2.09. The molecular formula is C14H19BrOS. The van der Waals surface area contributed by atoms with Crippen LogP contribution in [0.1, 0.15) is 25.7 Å². The van der Waals surface area contributed by atoms with Crippen LogP contribution in [0.4, 0.5) is 0 Å². The van der Waals surface area contributed by atoms with Gasteiger partial charge in [0.25, 0.3) is 0 Å². The molecule has 1 fully saturated rings. The molecule has 1 aliphatic carbocycles. The molecule has 1 nitrogen and oxygen atoms in total. The van der Waals surface area contributed by atoms with Crippen molar-refractivity contribution in [2.75, 3.05) is 18.1 Å². The minimum absolute atomic E-state index is 0.818. The Morgan fingerprint density at radius 3 is 2.59 bits per heavy atom. The van der Waals surface area contributed by atoms with Crippen LogP contribution in [0, 0.1) is 5.92 Å². The molecule has 0 amide bonds. The minimum atomic E-state index is 0.818. The number of rotatable bonds is 6. The van der Waals surface area contributed by atoms with Crippen LogP contribution in [0.5, 0.6) is 5.75 Å². The smallest absolute Gasteiger partial charge is 0.119 e. The van der Waals surface area contributed by atoms with Crippen molar-refractivity contribution in [3.8, 4) is 5.75 Å². The fourth-order valence-electron chi connectivity index (χ4n) is 2.18. The lowest BCUT2D eigenvalue weighted by atomic mass is 10.1. The van der Waals surface area contributed by atoms with Crippen molar-refractivity contribution < 1.29 is 4.74 Å². The molecule has 94 valence electrons. The van der Waals surface area contributed by atoms with E-state index in [1.807, 2.05) is 36.0 Å². The maximum absolute atomic E-state index is 5.68. The summed E-state index contributed by atoms with van der Waals surface area (Å²) in [5, 5.41) is 0. The molecular weight excluding hydrogens is 296 g/mol. The van der Waals surface area contributed by atoms with Crippen LogP contribution >= 0.6 is 27.7 Å². The predicted molar refractivity (Wildman–Crippen MR) is 78.9 cm³/mol. The number of hydrogen-bond donors (Lipinski definition) is 0. The molecule has 2 rings (SSSR count). The number of thioether (sulfide) groups is 1. The quantitative estimate of drug-likeness (QED) is 0.701. The van der Waals surface area contributed by atoms with Gasteiger partial charge in [-0.1, -0.05) is 28.8 Å². The summed E-state index contributed by atoms with van der Waals surface area (Å²) >= 11 is 5.46. The molecule has 0 unspecified atom stereocenters. The van der Waals surface area contributed by atoms with Crippen molar-refractivity contribution in [3.05, 3.63) is 28.7 Å². The molecule has 0 aromatic heterocycles. The topological polar surface area (TPSA) is 9.23 Å². The van der Waals surface area contributed by atoms with E-state index < -0.39 is 0 Å². The van der Waals surface area contributed by atoms with Crippen LogP contribution in [0.3, 0.4) is 0 Å². The summed E-state index contributed by atoms with van der Waals surface area (Å²) in [6.07, 6.45) is 5.78. The van der Waals surface area contributed by atoms with Crippen LogP contribution in [-0.2, 0) is 0 Å². The summed E-state index contributed by atoms with van der Waals surface area (Å²) in [6.45, 7) is 0.818. The molecule has 17 heavy (non-hydrogen) atoms. The molecule has 1 aliphatic rings. The Bertz CT molecular complexity index is 319. The second-order valence-corrected chi connectivity index (χ2v) is 6.59. The molecule has 1 saturated carbocycles. The lowest BCUT2D eigenvalue weighted by Crippen LogP contribution is -2.03. The molecule has 1 aromatic rings. The zero-order valence-electron chi connectivity index (χ0n) is 10.0. The highest BCUT2D eigenvalue weighted by atomic mass is 79.9. The monoisotopic (exact) mass is 314 g/mol. The summed E-state index contributed by atoms with van der Waals surface area (Å²) in [7, 11) is 0. The standard InChI is InChI=1S/C14H19BrOS/c15-13-5-7-14(8-6-13)16-9-10-17-11-12-3-1-2-4-12/h5-8,12H,1-4,9-11H2. The average Bonchev–Trinajstić information content (AvgIpc) is 2.84. The Morgan fingerprint density at radius 2 is 1.88 bits per heavy atom. The van der Waals surface area contributed by atoms with Gasteiger partial charge in [0.15, 0.2) is 0 Å². The van der Waals surface area contributed by atoms with Gasteiger partial charge in [-0.2, -0.15) is 11.8 Å². The molecule has 0 N–H and O–H groups in total. The molecule has 0 heterocycles. The summed E-state index contributed by atoms with van der Waals surface area (Å²) < 4.78 is 6.78. The van der Waals surface area contributed by atoms with Crippen molar-refractivity contribution >= 4 is 27.7 Å². The first-order valence-electron chi connectivity index (χ1n) is 6.31. The van der Waals surface area contributed by atoms with Crippen molar-refractivity contribution in [1.29, 1.82) is 0 Å². The third-order valence-electron chi connectivity index (χ3n) is 3.14. The zero-order valence-corrected chi connectivity index (χ0v) is 12.4. The van der Waals surface area contributed by atoms with Gasteiger partial charge in [-0.25, -0.2) is 0 Å². The number of benzene rings is 1. The largest absolute Gasteiger partial charge is 0.493 e. The SMILES string of the molecule is Brc1ccc(OCCSCC2CCCC2)cc1. The van der Waals surface area contributed by atoms with Crippen LogP contribution < -0.4 is 4.74 Å². The normalized spacial score (nSPS) is 16.3. The zero-order chi connectivity index (χ0) is 11.9. The van der Waals surface area contributed by atoms with E-state index in [1.54, 1.807) is 0 Å². The van der Waals surface area contributed by atoms with Crippen molar-refractivity contribution in [2.45, 2.75) is 25.7 Å². The summed E-state index contributed by atoms with van der Waals surface area (Å²) in [6, 6.07) is 8.04. The molecule has 0 radical (unpaired) electrons. The van der Waals surface area contributed by atoms with Crippen molar-refractivity contribution in [3.63, 3.8) is 0 Å². The highest BCUT2D eigenvalue weighted by Gasteiger charge is 2.14. The van der Waals surface area contributed by atoms with E-state index in [0.29, 0.717) is 0 Å². The molecule has 3 heteroatoms. The molecule has 0 aliphatic heterocycles.